The highest BCUT2D eigenvalue weighted by molar-refractivity contribution is 5.79. The Kier molecular flexibility index (Phi) is 7.77. The fourth-order valence-electron chi connectivity index (χ4n) is 1.38. The Bertz CT molecular complexity index is 433. The van der Waals surface area contributed by atoms with Gasteiger partial charge in [-0.25, -0.2) is 9.59 Å². The molecule has 0 radical (unpaired) electrons. The quantitative estimate of drug-likeness (QED) is 0.388. The number of carboxylic acids is 1. The first-order valence-electron chi connectivity index (χ1n) is 6.50. The SMILES string of the molecule is CN(CCC[C@H](NC(=O)OC(C)(C)C)C(=O)O)N=N[N+](=O)[O-]. The van der Waals surface area contributed by atoms with Crippen molar-refractivity contribution in [3.63, 3.8) is 0 Å². The first-order valence-corrected chi connectivity index (χ1v) is 6.50. The van der Waals surface area contributed by atoms with E-state index >= 15 is 0 Å². The molecule has 1 amide bonds. The number of rotatable bonds is 8. The van der Waals surface area contributed by atoms with Gasteiger partial charge in [0.2, 0.25) is 5.22 Å². The van der Waals surface area contributed by atoms with E-state index in [0.717, 1.165) is 0 Å². The summed E-state index contributed by atoms with van der Waals surface area (Å²) in [7, 11) is 1.46. The van der Waals surface area contributed by atoms with E-state index in [4.69, 9.17) is 9.84 Å². The molecule has 0 saturated carbocycles. The van der Waals surface area contributed by atoms with Gasteiger partial charge in [0, 0.05) is 7.05 Å². The smallest absolute Gasteiger partial charge is 0.408 e. The van der Waals surface area contributed by atoms with Crippen molar-refractivity contribution in [1.29, 1.82) is 0 Å². The summed E-state index contributed by atoms with van der Waals surface area (Å²) in [4.78, 5) is 32.6. The molecular formula is C11H21N5O6. The highest BCUT2D eigenvalue weighted by Gasteiger charge is 2.23. The molecule has 0 rings (SSSR count). The number of carboxylic acid groups (broad SMARTS) is 1. The van der Waals surface area contributed by atoms with Crippen molar-refractivity contribution < 1.29 is 24.5 Å². The molecule has 0 spiro atoms. The van der Waals surface area contributed by atoms with Crippen molar-refractivity contribution >= 4 is 12.1 Å². The average molecular weight is 319 g/mol. The zero-order valence-electron chi connectivity index (χ0n) is 13.0. The molecule has 0 bridgehead atoms. The number of hydrogen-bond donors (Lipinski definition) is 2. The van der Waals surface area contributed by atoms with Gasteiger partial charge in [0.15, 0.2) is 5.22 Å². The van der Waals surface area contributed by atoms with Gasteiger partial charge in [-0.2, -0.15) is 5.01 Å². The standard InChI is InChI=1S/C11H21N5O6/c1-11(2,3)22-10(19)12-8(9(17)18)6-5-7-15(4)13-14-16(20)21/h8H,5-7H2,1-4H3,(H,12,19)(H,17,18)/t8-/m0/s1. The topological polar surface area (TPSA) is 147 Å². The predicted octanol–water partition coefficient (Wildman–Crippen LogP) is 1.24. The molecule has 22 heavy (non-hydrogen) atoms. The Morgan fingerprint density at radius 2 is 2.05 bits per heavy atom. The van der Waals surface area contributed by atoms with Gasteiger partial charge in [-0.3, -0.25) is 0 Å². The Balaban J connectivity index is 4.29. The average Bonchev–Trinajstić information content (AvgIpc) is 2.32. The number of nitro groups is 1. The third-order valence-electron chi connectivity index (χ3n) is 2.23. The number of carbonyl (C=O) groups excluding carboxylic acids is 1. The van der Waals surface area contributed by atoms with Crippen LogP contribution in [0.25, 0.3) is 0 Å². The van der Waals surface area contributed by atoms with Gasteiger partial charge in [0.25, 0.3) is 0 Å². The Labute approximate surface area is 127 Å². The number of amides is 1. The summed E-state index contributed by atoms with van der Waals surface area (Å²) < 4.78 is 4.98. The molecular weight excluding hydrogens is 298 g/mol. The summed E-state index contributed by atoms with van der Waals surface area (Å²) in [6, 6.07) is -1.12. The van der Waals surface area contributed by atoms with E-state index in [1.165, 1.54) is 12.1 Å². The molecule has 11 heteroatoms. The Morgan fingerprint density at radius 1 is 1.45 bits per heavy atom. The van der Waals surface area contributed by atoms with Crippen LogP contribution in [-0.4, -0.2) is 52.4 Å². The molecule has 0 aromatic heterocycles. The second-order valence-corrected chi connectivity index (χ2v) is 5.48. The molecule has 0 saturated heterocycles. The number of nitrogens with zero attached hydrogens (tertiary/aromatic N) is 4. The van der Waals surface area contributed by atoms with Crippen LogP contribution in [0.3, 0.4) is 0 Å². The van der Waals surface area contributed by atoms with Crippen molar-refractivity contribution in [2.75, 3.05) is 13.6 Å². The summed E-state index contributed by atoms with van der Waals surface area (Å²) in [5, 5.41) is 27.5. The molecule has 1 atom stereocenters. The molecule has 126 valence electrons. The van der Waals surface area contributed by atoms with Gasteiger partial charge in [-0.15, -0.1) is 0 Å². The number of alkyl carbamates (subject to hydrolysis) is 1. The van der Waals surface area contributed by atoms with Gasteiger partial charge >= 0.3 is 12.1 Å². The lowest BCUT2D eigenvalue weighted by atomic mass is 10.1. The number of carbonyl (C=O) groups is 2. The Hall–Kier alpha value is -2.46. The van der Waals surface area contributed by atoms with E-state index in [0.29, 0.717) is 6.42 Å². The fraction of sp³-hybridized carbons (Fsp3) is 0.818. The zero-order valence-corrected chi connectivity index (χ0v) is 13.0. The predicted molar refractivity (Wildman–Crippen MR) is 74.5 cm³/mol. The summed E-state index contributed by atoms with van der Waals surface area (Å²) in [5.74, 6) is -1.19. The number of aliphatic carboxylic acids is 1. The molecule has 0 fully saturated rings. The molecule has 0 aliphatic rings. The minimum atomic E-state index is -1.19. The van der Waals surface area contributed by atoms with Gasteiger partial charge < -0.3 is 25.3 Å². The number of ether oxygens (including phenoxy) is 1. The van der Waals surface area contributed by atoms with Gasteiger partial charge in [-0.1, -0.05) is 0 Å². The fourth-order valence-corrected chi connectivity index (χ4v) is 1.38. The molecule has 0 aliphatic carbocycles. The highest BCUT2D eigenvalue weighted by Crippen LogP contribution is 2.08. The van der Waals surface area contributed by atoms with Gasteiger partial charge in [0.05, 0.1) is 11.6 Å². The van der Waals surface area contributed by atoms with E-state index in [9.17, 15) is 19.7 Å². The third kappa shape index (κ3) is 10.3. The van der Waals surface area contributed by atoms with E-state index in [1.54, 1.807) is 20.8 Å². The maximum absolute atomic E-state index is 11.5. The summed E-state index contributed by atoms with van der Waals surface area (Å²) >= 11 is 0. The molecule has 0 aliphatic heterocycles. The summed E-state index contributed by atoms with van der Waals surface area (Å²) in [6.07, 6.45) is -0.367. The number of hydrogen-bond acceptors (Lipinski definition) is 6. The minimum absolute atomic E-state index is 0.118. The van der Waals surface area contributed by atoms with Crippen LogP contribution in [0.5, 0.6) is 0 Å². The van der Waals surface area contributed by atoms with Crippen molar-refractivity contribution in [1.82, 2.24) is 10.3 Å². The van der Waals surface area contributed by atoms with Crippen LogP contribution in [0.1, 0.15) is 33.6 Å². The van der Waals surface area contributed by atoms with Crippen LogP contribution in [0.2, 0.25) is 0 Å². The lowest BCUT2D eigenvalue weighted by molar-refractivity contribution is -0.496. The molecule has 0 unspecified atom stereocenters. The van der Waals surface area contributed by atoms with E-state index in [2.05, 4.69) is 15.8 Å². The second-order valence-electron chi connectivity index (χ2n) is 5.48. The first kappa shape index (κ1) is 19.5. The highest BCUT2D eigenvalue weighted by atomic mass is 16.7. The third-order valence-corrected chi connectivity index (χ3v) is 2.23. The van der Waals surface area contributed by atoms with Crippen molar-refractivity contribution in [2.24, 2.45) is 10.4 Å². The molecule has 2 N–H and O–H groups in total. The van der Waals surface area contributed by atoms with E-state index in [1.807, 2.05) is 0 Å². The monoisotopic (exact) mass is 319 g/mol. The second kappa shape index (κ2) is 8.74. The maximum Gasteiger partial charge on any atom is 0.408 e. The molecule has 0 aromatic rings. The van der Waals surface area contributed by atoms with Crippen LogP contribution < -0.4 is 5.32 Å². The van der Waals surface area contributed by atoms with Crippen LogP contribution in [0.15, 0.2) is 10.4 Å². The largest absolute Gasteiger partial charge is 0.480 e. The number of nitrogens with one attached hydrogen (secondary N) is 1. The van der Waals surface area contributed by atoms with Gasteiger partial charge in [-0.05, 0) is 33.6 Å². The molecule has 0 heterocycles. The maximum atomic E-state index is 11.5. The summed E-state index contributed by atoms with van der Waals surface area (Å²) in [5.41, 5.74) is -0.726. The molecule has 11 nitrogen and oxygen atoms in total. The normalized spacial score (nSPS) is 12.7. The van der Waals surface area contributed by atoms with Crippen LogP contribution >= 0.6 is 0 Å². The lowest BCUT2D eigenvalue weighted by Gasteiger charge is -2.22. The van der Waals surface area contributed by atoms with E-state index in [-0.39, 0.29) is 13.0 Å². The van der Waals surface area contributed by atoms with Crippen LogP contribution in [-0.2, 0) is 9.53 Å². The summed E-state index contributed by atoms with van der Waals surface area (Å²) in [6.45, 7) is 5.24. The first-order chi connectivity index (χ1) is 10.0. The zero-order chi connectivity index (χ0) is 17.3. The minimum Gasteiger partial charge on any atom is -0.480 e. The lowest BCUT2D eigenvalue weighted by Crippen LogP contribution is -2.43. The van der Waals surface area contributed by atoms with Gasteiger partial charge in [0.1, 0.15) is 11.6 Å². The van der Waals surface area contributed by atoms with Crippen molar-refractivity contribution in [2.45, 2.75) is 45.3 Å². The Morgan fingerprint density at radius 3 is 2.50 bits per heavy atom. The van der Waals surface area contributed by atoms with Crippen molar-refractivity contribution in [3.8, 4) is 0 Å². The van der Waals surface area contributed by atoms with E-state index < -0.39 is 28.7 Å². The van der Waals surface area contributed by atoms with Crippen LogP contribution in [0.4, 0.5) is 4.79 Å². The molecule has 0 aromatic carbocycles. The van der Waals surface area contributed by atoms with Crippen molar-refractivity contribution in [3.05, 3.63) is 10.1 Å². The van der Waals surface area contributed by atoms with Crippen LogP contribution in [0, 0.1) is 10.1 Å².